The van der Waals surface area contributed by atoms with Crippen molar-refractivity contribution in [2.45, 2.75) is 38.6 Å². The van der Waals surface area contributed by atoms with Gasteiger partial charge in [-0.15, -0.1) is 0 Å². The molecule has 25 heavy (non-hydrogen) atoms. The first-order valence-corrected chi connectivity index (χ1v) is 8.86. The van der Waals surface area contributed by atoms with Crippen LogP contribution in [0.5, 0.6) is 0 Å². The van der Waals surface area contributed by atoms with Crippen LogP contribution in [0.1, 0.15) is 52.4 Å². The summed E-state index contributed by atoms with van der Waals surface area (Å²) in [6.45, 7) is 2.25. The van der Waals surface area contributed by atoms with E-state index in [1.807, 2.05) is 37.3 Å². The van der Waals surface area contributed by atoms with Crippen LogP contribution in [-0.4, -0.2) is 18.4 Å². The van der Waals surface area contributed by atoms with E-state index in [-0.39, 0.29) is 24.3 Å². The third-order valence-electron chi connectivity index (χ3n) is 4.73. The smallest absolute Gasteiger partial charge is 0.251 e. The molecule has 0 radical (unpaired) electrons. The molecule has 4 nitrogen and oxygen atoms in total. The van der Waals surface area contributed by atoms with Gasteiger partial charge in [0.25, 0.3) is 5.91 Å². The van der Waals surface area contributed by atoms with Crippen LogP contribution < -0.4 is 10.6 Å². The van der Waals surface area contributed by atoms with Crippen molar-refractivity contribution in [2.75, 3.05) is 6.54 Å². The molecule has 1 aliphatic rings. The molecule has 2 aromatic carbocycles. The van der Waals surface area contributed by atoms with Gasteiger partial charge >= 0.3 is 0 Å². The molecule has 0 saturated heterocycles. The SMILES string of the molecule is Cc1ccccc1C(=O)NCCC(=O)N[C@@H]1CCCc2ccccc21. The summed E-state index contributed by atoms with van der Waals surface area (Å²) < 4.78 is 0. The quantitative estimate of drug-likeness (QED) is 0.880. The van der Waals surface area contributed by atoms with E-state index in [1.54, 1.807) is 6.07 Å². The Morgan fingerprint density at radius 1 is 1.08 bits per heavy atom. The van der Waals surface area contributed by atoms with Gasteiger partial charge in [0.2, 0.25) is 5.91 Å². The van der Waals surface area contributed by atoms with Crippen LogP contribution in [0.25, 0.3) is 0 Å². The number of hydrogen-bond donors (Lipinski definition) is 2. The number of carbonyl (C=O) groups excluding carboxylic acids is 2. The van der Waals surface area contributed by atoms with Crippen molar-refractivity contribution in [1.29, 1.82) is 0 Å². The molecule has 3 rings (SSSR count). The molecule has 4 heteroatoms. The van der Waals surface area contributed by atoms with Gasteiger partial charge < -0.3 is 10.6 Å². The maximum atomic E-state index is 12.2. The van der Waals surface area contributed by atoms with Crippen LogP contribution in [0.3, 0.4) is 0 Å². The molecular formula is C21H24N2O2. The Morgan fingerprint density at radius 2 is 1.84 bits per heavy atom. The number of fused-ring (bicyclic) bond motifs is 1. The van der Waals surface area contributed by atoms with Gasteiger partial charge in [-0.1, -0.05) is 42.5 Å². The summed E-state index contributed by atoms with van der Waals surface area (Å²) in [4.78, 5) is 24.4. The number of amides is 2. The third-order valence-corrected chi connectivity index (χ3v) is 4.73. The fourth-order valence-electron chi connectivity index (χ4n) is 3.38. The van der Waals surface area contributed by atoms with E-state index in [2.05, 4.69) is 22.8 Å². The van der Waals surface area contributed by atoms with E-state index in [1.165, 1.54) is 11.1 Å². The fraction of sp³-hybridized carbons (Fsp3) is 0.333. The van der Waals surface area contributed by atoms with Crippen LogP contribution in [0, 0.1) is 6.92 Å². The first-order valence-electron chi connectivity index (χ1n) is 8.86. The maximum Gasteiger partial charge on any atom is 0.251 e. The van der Waals surface area contributed by atoms with Crippen LogP contribution in [0.4, 0.5) is 0 Å². The van der Waals surface area contributed by atoms with Crippen molar-refractivity contribution in [2.24, 2.45) is 0 Å². The highest BCUT2D eigenvalue weighted by atomic mass is 16.2. The molecule has 2 aromatic rings. The normalized spacial score (nSPS) is 16.0. The van der Waals surface area contributed by atoms with Crippen molar-refractivity contribution < 1.29 is 9.59 Å². The predicted octanol–water partition coefficient (Wildman–Crippen LogP) is 3.31. The van der Waals surface area contributed by atoms with Gasteiger partial charge in [0.05, 0.1) is 6.04 Å². The number of carbonyl (C=O) groups is 2. The number of hydrogen-bond acceptors (Lipinski definition) is 2. The van der Waals surface area contributed by atoms with Crippen LogP contribution in [0.15, 0.2) is 48.5 Å². The van der Waals surface area contributed by atoms with E-state index >= 15 is 0 Å². The Labute approximate surface area is 148 Å². The second-order valence-corrected chi connectivity index (χ2v) is 6.53. The zero-order chi connectivity index (χ0) is 17.6. The minimum Gasteiger partial charge on any atom is -0.352 e. The second kappa shape index (κ2) is 7.97. The number of benzene rings is 2. The molecule has 1 atom stereocenters. The van der Waals surface area contributed by atoms with Gasteiger partial charge in [0.15, 0.2) is 0 Å². The lowest BCUT2D eigenvalue weighted by Gasteiger charge is -2.26. The lowest BCUT2D eigenvalue weighted by atomic mass is 9.88. The summed E-state index contributed by atoms with van der Waals surface area (Å²) in [5.74, 6) is -0.152. The summed E-state index contributed by atoms with van der Waals surface area (Å²) in [5, 5.41) is 5.94. The van der Waals surface area contributed by atoms with Gasteiger partial charge in [-0.05, 0) is 48.9 Å². The molecule has 130 valence electrons. The van der Waals surface area contributed by atoms with Crippen LogP contribution in [0.2, 0.25) is 0 Å². The molecule has 0 saturated carbocycles. The first kappa shape index (κ1) is 17.2. The molecule has 2 amide bonds. The molecule has 0 fully saturated rings. The molecule has 0 aliphatic heterocycles. The average Bonchev–Trinajstić information content (AvgIpc) is 2.62. The molecule has 0 aromatic heterocycles. The Kier molecular flexibility index (Phi) is 5.49. The van der Waals surface area contributed by atoms with Gasteiger partial charge in [-0.2, -0.15) is 0 Å². The van der Waals surface area contributed by atoms with E-state index in [4.69, 9.17) is 0 Å². The highest BCUT2D eigenvalue weighted by Crippen LogP contribution is 2.29. The minimum atomic E-state index is -0.131. The lowest BCUT2D eigenvalue weighted by molar-refractivity contribution is -0.121. The maximum absolute atomic E-state index is 12.2. The van der Waals surface area contributed by atoms with Crippen LogP contribution >= 0.6 is 0 Å². The van der Waals surface area contributed by atoms with Crippen molar-refractivity contribution in [3.8, 4) is 0 Å². The first-order chi connectivity index (χ1) is 12.1. The van der Waals surface area contributed by atoms with Crippen molar-refractivity contribution in [1.82, 2.24) is 10.6 Å². The van der Waals surface area contributed by atoms with Crippen LogP contribution in [-0.2, 0) is 11.2 Å². The second-order valence-electron chi connectivity index (χ2n) is 6.53. The van der Waals surface area contributed by atoms with Gasteiger partial charge in [0.1, 0.15) is 0 Å². The van der Waals surface area contributed by atoms with Gasteiger partial charge in [-0.25, -0.2) is 0 Å². The lowest BCUT2D eigenvalue weighted by Crippen LogP contribution is -2.34. The fourth-order valence-corrected chi connectivity index (χ4v) is 3.38. The average molecular weight is 336 g/mol. The van der Waals surface area contributed by atoms with Crippen molar-refractivity contribution in [3.63, 3.8) is 0 Å². The molecule has 0 heterocycles. The monoisotopic (exact) mass is 336 g/mol. The molecule has 0 unspecified atom stereocenters. The third kappa shape index (κ3) is 4.27. The Morgan fingerprint density at radius 3 is 2.68 bits per heavy atom. The zero-order valence-corrected chi connectivity index (χ0v) is 14.5. The number of nitrogens with one attached hydrogen (secondary N) is 2. The summed E-state index contributed by atoms with van der Waals surface area (Å²) in [7, 11) is 0. The zero-order valence-electron chi connectivity index (χ0n) is 14.5. The number of rotatable bonds is 5. The molecule has 0 bridgehead atoms. The van der Waals surface area contributed by atoms with Gasteiger partial charge in [0, 0.05) is 18.5 Å². The topological polar surface area (TPSA) is 58.2 Å². The minimum absolute atomic E-state index is 0.0215. The summed E-state index contributed by atoms with van der Waals surface area (Å²) >= 11 is 0. The van der Waals surface area contributed by atoms with Gasteiger partial charge in [-0.3, -0.25) is 9.59 Å². The molecule has 1 aliphatic carbocycles. The molecular weight excluding hydrogens is 312 g/mol. The Balaban J connectivity index is 1.49. The van der Waals surface area contributed by atoms with Crippen molar-refractivity contribution in [3.05, 3.63) is 70.8 Å². The predicted molar refractivity (Wildman–Crippen MR) is 98.4 cm³/mol. The summed E-state index contributed by atoms with van der Waals surface area (Å²) in [5.41, 5.74) is 4.14. The summed E-state index contributed by atoms with van der Waals surface area (Å²) in [6, 6.07) is 15.8. The highest BCUT2D eigenvalue weighted by molar-refractivity contribution is 5.95. The van der Waals surface area contributed by atoms with E-state index < -0.39 is 0 Å². The van der Waals surface area contributed by atoms with E-state index in [0.717, 1.165) is 24.8 Å². The largest absolute Gasteiger partial charge is 0.352 e. The highest BCUT2D eigenvalue weighted by Gasteiger charge is 2.21. The molecule has 2 N–H and O–H groups in total. The Hall–Kier alpha value is -2.62. The summed E-state index contributed by atoms with van der Waals surface area (Å²) in [6.07, 6.45) is 3.43. The number of aryl methyl sites for hydroxylation is 2. The van der Waals surface area contributed by atoms with E-state index in [0.29, 0.717) is 12.1 Å². The standard InChI is InChI=1S/C21H24N2O2/c1-15-7-2-4-10-17(15)21(25)22-14-13-20(24)23-19-12-6-9-16-8-3-5-11-18(16)19/h2-5,7-8,10-11,19H,6,9,12-14H2,1H3,(H,22,25)(H,23,24)/t19-/m1/s1. The Bertz CT molecular complexity index is 770. The molecule has 0 spiro atoms. The van der Waals surface area contributed by atoms with E-state index in [9.17, 15) is 9.59 Å². The van der Waals surface area contributed by atoms with Crippen molar-refractivity contribution >= 4 is 11.8 Å².